The molecule has 0 aliphatic heterocycles. The monoisotopic (exact) mass is 528 g/mol. The molecule has 3 aromatic carbocycles. The molecule has 1 aromatic heterocycles. The van der Waals surface area contributed by atoms with Crippen molar-refractivity contribution in [1.82, 2.24) is 14.9 Å². The molecular weight excluding hydrogens is 500 g/mol. The fraction of sp³-hybridized carbons (Fsp3) is 0.172. The summed E-state index contributed by atoms with van der Waals surface area (Å²) in [6, 6.07) is 23.3. The minimum absolute atomic E-state index is 0.231. The van der Waals surface area contributed by atoms with Gasteiger partial charge in [-0.15, -0.1) is 0 Å². The molecular formula is C29H28N4O6. The van der Waals surface area contributed by atoms with Crippen LogP contribution >= 0.6 is 0 Å². The zero-order valence-corrected chi connectivity index (χ0v) is 21.4. The van der Waals surface area contributed by atoms with E-state index in [-0.39, 0.29) is 12.2 Å². The van der Waals surface area contributed by atoms with Crippen LogP contribution in [0.4, 0.5) is 10.6 Å². The van der Waals surface area contributed by atoms with Crippen LogP contribution in [-0.4, -0.2) is 45.3 Å². The Morgan fingerprint density at radius 2 is 1.59 bits per heavy atom. The number of carbonyl (C=O) groups is 3. The molecule has 0 spiro atoms. The average Bonchev–Trinajstić information content (AvgIpc) is 3.31. The number of nitrogens with zero attached hydrogens (tertiary/aromatic N) is 2. The predicted molar refractivity (Wildman–Crippen MR) is 144 cm³/mol. The Kier molecular flexibility index (Phi) is 8.57. The number of hydrogen-bond acceptors (Lipinski definition) is 6. The number of benzene rings is 3. The average molecular weight is 529 g/mol. The highest BCUT2D eigenvalue weighted by molar-refractivity contribution is 5.97. The van der Waals surface area contributed by atoms with Gasteiger partial charge < -0.3 is 24.5 Å². The molecule has 2 amide bonds. The number of amides is 2. The fourth-order valence-corrected chi connectivity index (χ4v) is 3.76. The number of hydrogen-bond donors (Lipinski definition) is 3. The molecule has 0 saturated heterocycles. The number of aryl methyl sites for hydroxylation is 1. The van der Waals surface area contributed by atoms with Gasteiger partial charge in [0.15, 0.2) is 6.04 Å². The van der Waals surface area contributed by atoms with Crippen LogP contribution in [0.1, 0.15) is 28.9 Å². The van der Waals surface area contributed by atoms with Crippen molar-refractivity contribution in [2.24, 2.45) is 7.05 Å². The summed E-state index contributed by atoms with van der Waals surface area (Å²) >= 11 is 0. The smallest absolute Gasteiger partial charge is 0.413 e. The number of para-hydroxylation sites is 1. The largest absolute Gasteiger partial charge is 0.491 e. The maximum absolute atomic E-state index is 12.7. The Balaban J connectivity index is 1.40. The lowest BCUT2D eigenvalue weighted by molar-refractivity contribution is -0.140. The van der Waals surface area contributed by atoms with E-state index in [9.17, 15) is 19.5 Å². The molecule has 10 nitrogen and oxygen atoms in total. The van der Waals surface area contributed by atoms with E-state index in [0.717, 1.165) is 5.56 Å². The molecule has 2 atom stereocenters. The summed E-state index contributed by atoms with van der Waals surface area (Å²) in [5, 5.41) is 14.7. The van der Waals surface area contributed by atoms with Crippen LogP contribution in [0.25, 0.3) is 11.3 Å². The van der Waals surface area contributed by atoms with Crippen LogP contribution < -0.4 is 15.4 Å². The summed E-state index contributed by atoms with van der Waals surface area (Å²) in [5.41, 5.74) is 2.24. The Morgan fingerprint density at radius 3 is 2.23 bits per heavy atom. The second kappa shape index (κ2) is 12.4. The van der Waals surface area contributed by atoms with E-state index in [1.165, 1.54) is 0 Å². The van der Waals surface area contributed by atoms with Gasteiger partial charge in [0.1, 0.15) is 30.0 Å². The highest BCUT2D eigenvalue weighted by Gasteiger charge is 2.22. The van der Waals surface area contributed by atoms with Crippen molar-refractivity contribution in [3.8, 4) is 17.0 Å². The fourth-order valence-electron chi connectivity index (χ4n) is 3.76. The van der Waals surface area contributed by atoms with E-state index in [2.05, 4.69) is 15.6 Å². The lowest BCUT2D eigenvalue weighted by Crippen LogP contribution is -2.44. The van der Waals surface area contributed by atoms with E-state index >= 15 is 0 Å². The van der Waals surface area contributed by atoms with E-state index in [1.54, 1.807) is 73.4 Å². The molecule has 4 aromatic rings. The van der Waals surface area contributed by atoms with Crippen molar-refractivity contribution in [3.63, 3.8) is 0 Å². The van der Waals surface area contributed by atoms with Crippen LogP contribution in [-0.2, 0) is 16.6 Å². The number of imidazole rings is 1. The molecule has 39 heavy (non-hydrogen) atoms. The zero-order valence-electron chi connectivity index (χ0n) is 21.4. The van der Waals surface area contributed by atoms with Crippen molar-refractivity contribution in [2.75, 3.05) is 11.9 Å². The number of anilines is 1. The number of carboxylic acid groups (broad SMARTS) is 1. The molecule has 3 N–H and O–H groups in total. The number of nitrogens with one attached hydrogen (secondary N) is 2. The molecule has 0 aliphatic rings. The molecule has 0 saturated carbocycles. The summed E-state index contributed by atoms with van der Waals surface area (Å²) in [6.07, 6.45) is 0.467. The molecule has 2 unspecified atom stereocenters. The molecule has 4 rings (SSSR count). The molecule has 0 radical (unpaired) electrons. The Bertz CT molecular complexity index is 1420. The number of ether oxygens (including phenoxy) is 2. The van der Waals surface area contributed by atoms with Crippen molar-refractivity contribution >= 4 is 23.8 Å². The maximum atomic E-state index is 12.7. The Hall–Kier alpha value is -5.12. The minimum Gasteiger partial charge on any atom is -0.491 e. The van der Waals surface area contributed by atoms with E-state index < -0.39 is 30.1 Å². The number of carbonyl (C=O) groups excluding carboxylic acids is 2. The predicted octanol–water partition coefficient (Wildman–Crippen LogP) is 4.66. The quantitative estimate of drug-likeness (QED) is 0.273. The first kappa shape index (κ1) is 26.9. The van der Waals surface area contributed by atoms with Gasteiger partial charge in [0, 0.05) is 18.2 Å². The third-order valence-corrected chi connectivity index (χ3v) is 5.89. The van der Waals surface area contributed by atoms with Crippen LogP contribution in [0.15, 0.2) is 91.3 Å². The van der Waals surface area contributed by atoms with Gasteiger partial charge in [-0.3, -0.25) is 10.1 Å². The normalized spacial score (nSPS) is 12.2. The standard InChI is InChI=1S/C29H28N4O6/c1-19(20-9-5-3-6-10-20)39-29(37)32-26-25(30-18-33(26)2)21-13-15-22(16-14-21)27(34)31-24(28(35)36)17-38-23-11-7-4-8-12-23/h3-16,18-19,24H,17H2,1-2H3,(H,31,34)(H,32,37)(H,35,36). The molecule has 0 bridgehead atoms. The van der Waals surface area contributed by atoms with Gasteiger partial charge in [-0.2, -0.15) is 0 Å². The van der Waals surface area contributed by atoms with Gasteiger partial charge >= 0.3 is 12.1 Å². The summed E-state index contributed by atoms with van der Waals surface area (Å²) in [6.45, 7) is 1.55. The third kappa shape index (κ3) is 7.01. The van der Waals surface area contributed by atoms with Crippen molar-refractivity contribution < 1.29 is 29.0 Å². The Morgan fingerprint density at radius 1 is 0.949 bits per heavy atom. The first-order valence-corrected chi connectivity index (χ1v) is 12.2. The van der Waals surface area contributed by atoms with E-state index in [4.69, 9.17) is 9.47 Å². The second-order valence-corrected chi connectivity index (χ2v) is 8.70. The topological polar surface area (TPSA) is 132 Å². The zero-order chi connectivity index (χ0) is 27.8. The van der Waals surface area contributed by atoms with E-state index in [0.29, 0.717) is 22.8 Å². The van der Waals surface area contributed by atoms with Gasteiger partial charge in [-0.1, -0.05) is 60.7 Å². The lowest BCUT2D eigenvalue weighted by Gasteiger charge is -2.16. The van der Waals surface area contributed by atoms with Crippen LogP contribution in [0, 0.1) is 0 Å². The van der Waals surface area contributed by atoms with Gasteiger partial charge in [0.25, 0.3) is 5.91 Å². The SMILES string of the molecule is CC(OC(=O)Nc1c(-c2ccc(C(=O)NC(COc3ccccc3)C(=O)O)cc2)ncn1C)c1ccccc1. The lowest BCUT2D eigenvalue weighted by atomic mass is 10.1. The highest BCUT2D eigenvalue weighted by atomic mass is 16.6. The van der Waals surface area contributed by atoms with Gasteiger partial charge in [0.05, 0.1) is 6.33 Å². The third-order valence-electron chi connectivity index (χ3n) is 5.89. The van der Waals surface area contributed by atoms with Gasteiger partial charge in [-0.05, 0) is 36.8 Å². The number of aromatic nitrogens is 2. The van der Waals surface area contributed by atoms with Crippen LogP contribution in [0.2, 0.25) is 0 Å². The first-order chi connectivity index (χ1) is 18.8. The molecule has 0 fully saturated rings. The number of rotatable bonds is 10. The van der Waals surface area contributed by atoms with Crippen molar-refractivity contribution in [1.29, 1.82) is 0 Å². The minimum atomic E-state index is -1.24. The summed E-state index contributed by atoms with van der Waals surface area (Å²) in [7, 11) is 1.73. The number of aliphatic carboxylic acids is 1. The Labute approximate surface area is 225 Å². The van der Waals surface area contributed by atoms with Crippen LogP contribution in [0.3, 0.4) is 0 Å². The van der Waals surface area contributed by atoms with Crippen LogP contribution in [0.5, 0.6) is 5.75 Å². The van der Waals surface area contributed by atoms with Gasteiger partial charge in [0.2, 0.25) is 0 Å². The summed E-state index contributed by atoms with van der Waals surface area (Å²) in [5.74, 6) is -0.862. The summed E-state index contributed by atoms with van der Waals surface area (Å²) < 4.78 is 12.6. The molecule has 10 heteroatoms. The molecule has 200 valence electrons. The van der Waals surface area contributed by atoms with Crippen molar-refractivity contribution in [3.05, 3.63) is 102 Å². The maximum Gasteiger partial charge on any atom is 0.413 e. The molecule has 0 aliphatic carbocycles. The van der Waals surface area contributed by atoms with Crippen molar-refractivity contribution in [2.45, 2.75) is 19.1 Å². The summed E-state index contributed by atoms with van der Waals surface area (Å²) in [4.78, 5) is 41.3. The van der Waals surface area contributed by atoms with Gasteiger partial charge in [-0.25, -0.2) is 14.6 Å². The first-order valence-electron chi connectivity index (χ1n) is 12.2. The highest BCUT2D eigenvalue weighted by Crippen LogP contribution is 2.27. The molecule has 1 heterocycles. The second-order valence-electron chi connectivity index (χ2n) is 8.70. The van der Waals surface area contributed by atoms with E-state index in [1.807, 2.05) is 36.4 Å². The number of carboxylic acids is 1.